The first kappa shape index (κ1) is 11.2. The third-order valence-corrected chi connectivity index (χ3v) is 2.94. The molecule has 5 heteroatoms. The molecule has 16 heavy (non-hydrogen) atoms. The molecule has 0 radical (unpaired) electrons. The predicted molar refractivity (Wildman–Crippen MR) is 62.2 cm³/mol. The Morgan fingerprint density at radius 3 is 2.75 bits per heavy atom. The minimum atomic E-state index is -0.906. The van der Waals surface area contributed by atoms with Gasteiger partial charge in [-0.3, -0.25) is 0 Å². The molecule has 0 fully saturated rings. The van der Waals surface area contributed by atoms with E-state index >= 15 is 0 Å². The second-order valence-corrected chi connectivity index (χ2v) is 4.47. The molecule has 1 aromatic carbocycles. The average molecular weight is 219 g/mol. The molecule has 84 valence electrons. The normalized spacial score (nSPS) is 18.8. The van der Waals surface area contributed by atoms with Gasteiger partial charge in [-0.2, -0.15) is 0 Å². The van der Waals surface area contributed by atoms with Crippen molar-refractivity contribution in [2.24, 2.45) is 5.16 Å². The van der Waals surface area contributed by atoms with Gasteiger partial charge in [0.2, 0.25) is 0 Å². The fraction of sp³-hybridized carbons (Fsp3) is 0.364. The van der Waals surface area contributed by atoms with Gasteiger partial charge in [0.05, 0.1) is 11.3 Å². The Bertz CT molecular complexity index is 457. The molecular weight excluding hydrogens is 205 g/mol. The Morgan fingerprint density at radius 2 is 2.12 bits per heavy atom. The number of hydrogen-bond donors (Lipinski definition) is 2. The minimum Gasteiger partial charge on any atom is -0.423 e. The van der Waals surface area contributed by atoms with E-state index in [1.807, 2.05) is 26.0 Å². The van der Waals surface area contributed by atoms with Gasteiger partial charge < -0.3 is 14.9 Å². The fourth-order valence-corrected chi connectivity index (χ4v) is 2.00. The molecule has 2 N–H and O–H groups in total. The lowest BCUT2D eigenvalue weighted by Gasteiger charge is -2.19. The molecule has 0 atom stereocenters. The van der Waals surface area contributed by atoms with Crippen molar-refractivity contribution in [3.05, 3.63) is 29.3 Å². The number of benzene rings is 1. The highest BCUT2D eigenvalue weighted by atomic mass is 16.5. The van der Waals surface area contributed by atoms with Crippen molar-refractivity contribution in [3.8, 4) is 0 Å². The van der Waals surface area contributed by atoms with Crippen LogP contribution in [0, 0.1) is 0 Å². The minimum absolute atomic E-state index is 0.475. The second kappa shape index (κ2) is 3.61. The molecule has 0 saturated carbocycles. The van der Waals surface area contributed by atoms with Gasteiger partial charge in [0, 0.05) is 0 Å². The second-order valence-electron chi connectivity index (χ2n) is 4.47. The lowest BCUT2D eigenvalue weighted by Crippen LogP contribution is -2.29. The quantitative estimate of drug-likeness (QED) is 0.318. The van der Waals surface area contributed by atoms with E-state index in [-0.39, 0.29) is 0 Å². The van der Waals surface area contributed by atoms with Gasteiger partial charge in [-0.25, -0.2) is 0 Å². The first-order valence-electron chi connectivity index (χ1n) is 5.15. The van der Waals surface area contributed by atoms with Crippen LogP contribution >= 0.6 is 0 Å². The van der Waals surface area contributed by atoms with Crippen LogP contribution in [0.2, 0.25) is 0 Å². The summed E-state index contributed by atoms with van der Waals surface area (Å²) in [4.78, 5) is 0. The van der Waals surface area contributed by atoms with E-state index < -0.39 is 12.7 Å². The molecule has 0 spiro atoms. The summed E-state index contributed by atoms with van der Waals surface area (Å²) in [6.07, 6.45) is 0. The summed E-state index contributed by atoms with van der Waals surface area (Å²) >= 11 is 0. The Labute approximate surface area is 94.7 Å². The van der Waals surface area contributed by atoms with Gasteiger partial charge in [0.15, 0.2) is 0 Å². The number of rotatable bonds is 1. The Hall–Kier alpha value is -1.33. The van der Waals surface area contributed by atoms with Crippen LogP contribution in [0.1, 0.15) is 31.9 Å². The highest BCUT2D eigenvalue weighted by Crippen LogP contribution is 2.29. The van der Waals surface area contributed by atoms with Crippen molar-refractivity contribution in [2.75, 3.05) is 0 Å². The summed E-state index contributed by atoms with van der Waals surface area (Å²) in [5, 5.41) is 21.6. The van der Waals surface area contributed by atoms with Crippen LogP contribution < -0.4 is 5.46 Å². The molecule has 0 aromatic heterocycles. The maximum atomic E-state index is 9.77. The van der Waals surface area contributed by atoms with E-state index in [2.05, 4.69) is 5.16 Å². The zero-order valence-electron chi connectivity index (χ0n) is 9.56. The molecule has 1 heterocycles. The van der Waals surface area contributed by atoms with Gasteiger partial charge in [-0.05, 0) is 37.4 Å². The Balaban J connectivity index is 2.53. The van der Waals surface area contributed by atoms with Crippen LogP contribution in [0.15, 0.2) is 23.4 Å². The molecule has 0 saturated heterocycles. The van der Waals surface area contributed by atoms with E-state index in [9.17, 15) is 5.02 Å². The first-order valence-corrected chi connectivity index (χ1v) is 5.15. The molecule has 1 aromatic rings. The van der Waals surface area contributed by atoms with E-state index in [1.54, 1.807) is 13.0 Å². The molecule has 0 bridgehead atoms. The molecule has 2 rings (SSSR count). The van der Waals surface area contributed by atoms with E-state index in [0.29, 0.717) is 5.71 Å². The Kier molecular flexibility index (Phi) is 2.52. The topological polar surface area (TPSA) is 62.1 Å². The molecule has 4 nitrogen and oxygen atoms in total. The predicted octanol–water partition coefficient (Wildman–Crippen LogP) is 0.838. The van der Waals surface area contributed by atoms with Crippen molar-refractivity contribution in [2.45, 2.75) is 26.4 Å². The molecule has 1 aliphatic heterocycles. The Morgan fingerprint density at radius 1 is 1.44 bits per heavy atom. The number of fused-ring (bicyclic) bond motifs is 1. The largest absolute Gasteiger partial charge is 0.492 e. The van der Waals surface area contributed by atoms with Gasteiger partial charge in [0.1, 0.15) is 0 Å². The third-order valence-electron chi connectivity index (χ3n) is 2.94. The van der Waals surface area contributed by atoms with Crippen LogP contribution in [0.4, 0.5) is 0 Å². The van der Waals surface area contributed by atoms with E-state index in [1.165, 1.54) is 0 Å². The summed E-state index contributed by atoms with van der Waals surface area (Å²) in [6, 6.07) is 5.55. The number of nitrogens with zero attached hydrogens (tertiary/aromatic N) is 1. The summed E-state index contributed by atoms with van der Waals surface area (Å²) in [6.45, 7) is 5.53. The summed E-state index contributed by atoms with van der Waals surface area (Å²) in [5.41, 5.74) is 2.53. The maximum Gasteiger partial charge on any atom is 0.492 e. The monoisotopic (exact) mass is 219 g/mol. The van der Waals surface area contributed by atoms with Crippen LogP contribution in [0.5, 0.6) is 0 Å². The first-order chi connectivity index (χ1) is 7.45. The molecule has 0 unspecified atom stereocenters. The highest BCUT2D eigenvalue weighted by molar-refractivity contribution is 6.62. The maximum absolute atomic E-state index is 9.77. The van der Waals surface area contributed by atoms with E-state index in [4.69, 9.17) is 9.86 Å². The van der Waals surface area contributed by atoms with Crippen molar-refractivity contribution >= 4 is 18.3 Å². The van der Waals surface area contributed by atoms with Crippen LogP contribution in [0.3, 0.4) is 0 Å². The van der Waals surface area contributed by atoms with E-state index in [0.717, 1.165) is 16.6 Å². The summed E-state index contributed by atoms with van der Waals surface area (Å²) in [5.74, 6) is 0. The summed E-state index contributed by atoms with van der Waals surface area (Å²) < 4.78 is 5.44. The molecular formula is C11H14BNO3. The van der Waals surface area contributed by atoms with Crippen LogP contribution in [0.25, 0.3) is 0 Å². The lowest BCUT2D eigenvalue weighted by molar-refractivity contribution is 0.101. The van der Waals surface area contributed by atoms with Crippen molar-refractivity contribution < 1.29 is 14.9 Å². The van der Waals surface area contributed by atoms with Crippen molar-refractivity contribution in [1.82, 2.24) is 0 Å². The average Bonchev–Trinajstić information content (AvgIpc) is 2.48. The number of hydrogen-bond acceptors (Lipinski definition) is 4. The van der Waals surface area contributed by atoms with Crippen molar-refractivity contribution in [1.29, 1.82) is 0 Å². The molecule has 0 amide bonds. The zero-order chi connectivity index (χ0) is 11.9. The molecule has 0 aliphatic carbocycles. The van der Waals surface area contributed by atoms with Gasteiger partial charge in [-0.15, -0.1) is 0 Å². The lowest BCUT2D eigenvalue weighted by atomic mass is 9.77. The highest BCUT2D eigenvalue weighted by Gasteiger charge is 2.40. The fourth-order valence-electron chi connectivity index (χ4n) is 2.00. The van der Waals surface area contributed by atoms with Gasteiger partial charge >= 0.3 is 7.12 Å². The zero-order valence-corrected chi connectivity index (χ0v) is 9.56. The third kappa shape index (κ3) is 1.62. The van der Waals surface area contributed by atoms with Gasteiger partial charge in [-0.1, -0.05) is 23.4 Å². The van der Waals surface area contributed by atoms with Crippen LogP contribution in [-0.2, 0) is 10.3 Å². The van der Waals surface area contributed by atoms with Gasteiger partial charge in [0.25, 0.3) is 0 Å². The smallest absolute Gasteiger partial charge is 0.423 e. The molecule has 1 aliphatic rings. The van der Waals surface area contributed by atoms with Crippen molar-refractivity contribution in [3.63, 3.8) is 0 Å². The standard InChI is InChI=1S/C11H14BNO3/c1-7(13-15)8-4-5-9-10(6-8)12(14)16-11(9,2)3/h4-6,14-15H,1-3H3. The van der Waals surface area contributed by atoms with Crippen LogP contribution in [-0.4, -0.2) is 23.1 Å². The summed E-state index contributed by atoms with van der Waals surface area (Å²) in [7, 11) is -0.906. The number of oxime groups is 1. The SMILES string of the molecule is CC(=NO)c1ccc2c(c1)B(O)OC2(C)C.